The predicted molar refractivity (Wildman–Crippen MR) is 115 cm³/mol. The molecule has 1 N–H and O–H groups in total. The van der Waals surface area contributed by atoms with E-state index in [9.17, 15) is 9.59 Å². The zero-order chi connectivity index (χ0) is 20.4. The van der Waals surface area contributed by atoms with Crippen LogP contribution in [0.1, 0.15) is 38.7 Å². The molecule has 1 heterocycles. The van der Waals surface area contributed by atoms with E-state index in [1.807, 2.05) is 36.9 Å². The lowest BCUT2D eigenvalue weighted by molar-refractivity contribution is -0.134. The van der Waals surface area contributed by atoms with Crippen molar-refractivity contribution < 1.29 is 9.59 Å². The molecular weight excluding hydrogens is 360 g/mol. The topological polar surface area (TPSA) is 49.4 Å². The fourth-order valence-corrected chi connectivity index (χ4v) is 4.36. The van der Waals surface area contributed by atoms with E-state index < -0.39 is 5.41 Å². The van der Waals surface area contributed by atoms with Gasteiger partial charge in [0.25, 0.3) is 0 Å². The minimum absolute atomic E-state index is 0.0729. The van der Waals surface area contributed by atoms with Crippen molar-refractivity contribution in [3.05, 3.63) is 60.2 Å². The minimum Gasteiger partial charge on any atom is -0.353 e. The summed E-state index contributed by atoms with van der Waals surface area (Å²) in [5.74, 6) is 0.506. The first-order valence-corrected chi connectivity index (χ1v) is 10.7. The van der Waals surface area contributed by atoms with Crippen molar-refractivity contribution in [2.75, 3.05) is 13.1 Å². The quantitative estimate of drug-likeness (QED) is 0.809. The molecule has 2 aliphatic rings. The third-order valence-electron chi connectivity index (χ3n) is 6.07. The van der Waals surface area contributed by atoms with Gasteiger partial charge in [0, 0.05) is 25.0 Å². The molecule has 29 heavy (non-hydrogen) atoms. The molecule has 0 spiro atoms. The molecule has 1 atom stereocenters. The van der Waals surface area contributed by atoms with Crippen LogP contribution in [0.4, 0.5) is 0 Å². The summed E-state index contributed by atoms with van der Waals surface area (Å²) in [6.45, 7) is 5.18. The Bertz CT molecular complexity index is 889. The van der Waals surface area contributed by atoms with Crippen molar-refractivity contribution in [1.82, 2.24) is 10.2 Å². The van der Waals surface area contributed by atoms with Crippen LogP contribution in [0.2, 0.25) is 0 Å². The highest BCUT2D eigenvalue weighted by molar-refractivity contribution is 5.87. The summed E-state index contributed by atoms with van der Waals surface area (Å²) in [7, 11) is 0. The summed E-state index contributed by atoms with van der Waals surface area (Å²) in [6.07, 6.45) is 3.37. The second-order valence-corrected chi connectivity index (χ2v) is 8.94. The van der Waals surface area contributed by atoms with Crippen molar-refractivity contribution in [2.45, 2.75) is 45.6 Å². The van der Waals surface area contributed by atoms with Gasteiger partial charge in [0.15, 0.2) is 0 Å². The van der Waals surface area contributed by atoms with E-state index in [1.165, 1.54) is 5.56 Å². The third-order valence-corrected chi connectivity index (χ3v) is 6.07. The van der Waals surface area contributed by atoms with Crippen molar-refractivity contribution in [1.29, 1.82) is 0 Å². The Morgan fingerprint density at radius 2 is 1.79 bits per heavy atom. The summed E-state index contributed by atoms with van der Waals surface area (Å²) in [5, 5.41) is 3.12. The average Bonchev–Trinajstić information content (AvgIpc) is 3.48. The molecule has 0 aromatic heterocycles. The molecule has 4 nitrogen and oxygen atoms in total. The van der Waals surface area contributed by atoms with Gasteiger partial charge in [-0.1, -0.05) is 54.6 Å². The molecule has 0 unspecified atom stereocenters. The number of carbonyl (C=O) groups is 2. The molecule has 4 rings (SSSR count). The Balaban J connectivity index is 1.59. The van der Waals surface area contributed by atoms with Crippen LogP contribution in [-0.4, -0.2) is 35.8 Å². The first kappa shape index (κ1) is 19.7. The predicted octanol–water partition coefficient (Wildman–Crippen LogP) is 4.05. The molecule has 0 radical (unpaired) electrons. The Morgan fingerprint density at radius 3 is 2.48 bits per heavy atom. The number of benzene rings is 2. The summed E-state index contributed by atoms with van der Waals surface area (Å²) >= 11 is 0. The van der Waals surface area contributed by atoms with Gasteiger partial charge >= 0.3 is 0 Å². The van der Waals surface area contributed by atoms with Gasteiger partial charge in [-0.15, -0.1) is 0 Å². The van der Waals surface area contributed by atoms with Gasteiger partial charge in [0.1, 0.15) is 0 Å². The number of rotatable bonds is 6. The average molecular weight is 391 g/mol. The van der Waals surface area contributed by atoms with E-state index in [1.54, 1.807) is 0 Å². The summed E-state index contributed by atoms with van der Waals surface area (Å²) in [6, 6.07) is 18.8. The normalized spacial score (nSPS) is 21.4. The van der Waals surface area contributed by atoms with Gasteiger partial charge in [-0.2, -0.15) is 0 Å². The van der Waals surface area contributed by atoms with Crippen molar-refractivity contribution in [3.8, 4) is 11.1 Å². The van der Waals surface area contributed by atoms with Crippen LogP contribution in [0.15, 0.2) is 54.6 Å². The number of nitrogens with one attached hydrogen (secondary N) is 1. The second kappa shape index (κ2) is 8.02. The van der Waals surface area contributed by atoms with E-state index in [0.717, 1.165) is 30.4 Å². The molecule has 1 saturated carbocycles. The van der Waals surface area contributed by atoms with Crippen LogP contribution in [0.5, 0.6) is 0 Å². The van der Waals surface area contributed by atoms with E-state index >= 15 is 0 Å². The highest BCUT2D eigenvalue weighted by Crippen LogP contribution is 2.39. The summed E-state index contributed by atoms with van der Waals surface area (Å²) < 4.78 is 0. The lowest BCUT2D eigenvalue weighted by Crippen LogP contribution is -2.47. The number of hydrogen-bond donors (Lipinski definition) is 1. The molecule has 2 fully saturated rings. The molecule has 1 saturated heterocycles. The minimum atomic E-state index is -0.551. The lowest BCUT2D eigenvalue weighted by Gasteiger charge is -2.29. The van der Waals surface area contributed by atoms with Gasteiger partial charge in [-0.3, -0.25) is 9.59 Å². The van der Waals surface area contributed by atoms with Crippen LogP contribution in [0.3, 0.4) is 0 Å². The van der Waals surface area contributed by atoms with Gasteiger partial charge in [-0.05, 0) is 56.2 Å². The summed E-state index contributed by atoms with van der Waals surface area (Å²) in [5.41, 5.74) is 2.92. The van der Waals surface area contributed by atoms with Crippen molar-refractivity contribution in [2.24, 2.45) is 11.3 Å². The van der Waals surface area contributed by atoms with Crippen LogP contribution in [0, 0.1) is 11.3 Å². The molecule has 2 aromatic rings. The highest BCUT2D eigenvalue weighted by atomic mass is 16.2. The van der Waals surface area contributed by atoms with Crippen LogP contribution in [-0.2, 0) is 16.0 Å². The lowest BCUT2D eigenvalue weighted by atomic mass is 9.79. The maximum atomic E-state index is 13.2. The van der Waals surface area contributed by atoms with Gasteiger partial charge < -0.3 is 10.2 Å². The van der Waals surface area contributed by atoms with E-state index in [0.29, 0.717) is 19.5 Å². The summed E-state index contributed by atoms with van der Waals surface area (Å²) in [4.78, 5) is 27.8. The highest BCUT2D eigenvalue weighted by Gasteiger charge is 2.48. The fourth-order valence-electron chi connectivity index (χ4n) is 4.36. The first-order chi connectivity index (χ1) is 14.0. The molecule has 2 amide bonds. The first-order valence-electron chi connectivity index (χ1n) is 10.7. The largest absolute Gasteiger partial charge is 0.353 e. The zero-order valence-corrected chi connectivity index (χ0v) is 17.4. The number of nitrogens with zero attached hydrogens (tertiary/aromatic N) is 1. The molecule has 1 aliphatic carbocycles. The Morgan fingerprint density at radius 1 is 1.07 bits per heavy atom. The van der Waals surface area contributed by atoms with Gasteiger partial charge in [0.2, 0.25) is 11.8 Å². The Kier molecular flexibility index (Phi) is 5.44. The molecule has 0 bridgehead atoms. The van der Waals surface area contributed by atoms with Crippen molar-refractivity contribution in [3.63, 3.8) is 0 Å². The number of likely N-dealkylation sites (tertiary alicyclic amines) is 1. The second-order valence-electron chi connectivity index (χ2n) is 8.94. The number of amides is 2. The van der Waals surface area contributed by atoms with Gasteiger partial charge in [-0.25, -0.2) is 0 Å². The standard InChI is InChI=1S/C25H30N2O2/c1-18(2)26-24(29)25(13-14-27(17-25)23(28)21-11-12-21)16-19-7-6-10-22(15-19)20-8-4-3-5-9-20/h3-10,15,18,21H,11-14,16-17H2,1-2H3,(H,26,29)/t25-/m1/s1. The van der Waals surface area contributed by atoms with Crippen molar-refractivity contribution >= 4 is 11.8 Å². The fraction of sp³-hybridized carbons (Fsp3) is 0.440. The van der Waals surface area contributed by atoms with E-state index in [-0.39, 0.29) is 23.8 Å². The van der Waals surface area contributed by atoms with E-state index in [4.69, 9.17) is 0 Å². The monoisotopic (exact) mass is 390 g/mol. The Hall–Kier alpha value is -2.62. The molecule has 152 valence electrons. The molecule has 1 aliphatic heterocycles. The molecular formula is C25H30N2O2. The molecule has 4 heteroatoms. The molecule has 2 aromatic carbocycles. The number of hydrogen-bond acceptors (Lipinski definition) is 2. The van der Waals surface area contributed by atoms with E-state index in [2.05, 4.69) is 41.7 Å². The smallest absolute Gasteiger partial charge is 0.228 e. The van der Waals surface area contributed by atoms with Crippen LogP contribution in [0.25, 0.3) is 11.1 Å². The van der Waals surface area contributed by atoms with Crippen LogP contribution < -0.4 is 5.32 Å². The Labute approximate surface area is 173 Å². The SMILES string of the molecule is CC(C)NC(=O)[C@@]1(Cc2cccc(-c3ccccc3)c2)CCN(C(=O)C2CC2)C1. The van der Waals surface area contributed by atoms with Gasteiger partial charge in [0.05, 0.1) is 5.41 Å². The van der Waals surface area contributed by atoms with Crippen LogP contribution >= 0.6 is 0 Å². The number of carbonyl (C=O) groups excluding carboxylic acids is 2. The zero-order valence-electron chi connectivity index (χ0n) is 17.4. The maximum Gasteiger partial charge on any atom is 0.228 e. The maximum absolute atomic E-state index is 13.2. The third kappa shape index (κ3) is 4.36.